The molecule has 0 atom stereocenters. The zero-order chi connectivity index (χ0) is 35.8. The van der Waals surface area contributed by atoms with Crippen LogP contribution in [0.2, 0.25) is 0 Å². The maximum atomic E-state index is 2.53. The Morgan fingerprint density at radius 2 is 0.600 bits per heavy atom. The topological polar surface area (TPSA) is 9.86 Å². The number of nitrogens with zero attached hydrogens (tertiary/aromatic N) is 2. The first kappa shape index (κ1) is 29.5. The highest BCUT2D eigenvalue weighted by Crippen LogP contribution is 2.49. The van der Waals surface area contributed by atoms with Crippen molar-refractivity contribution in [1.29, 1.82) is 0 Å². The minimum atomic E-state index is 1.23. The lowest BCUT2D eigenvalue weighted by Crippen LogP contribution is -1.97. The van der Waals surface area contributed by atoms with Gasteiger partial charge in [0.15, 0.2) is 0 Å². The van der Waals surface area contributed by atoms with Crippen molar-refractivity contribution in [3.63, 3.8) is 0 Å². The Morgan fingerprint density at radius 3 is 0.982 bits per heavy atom. The third-order valence-electron chi connectivity index (χ3n) is 12.0. The number of rotatable bonds is 2. The summed E-state index contributed by atoms with van der Waals surface area (Å²) in [6.07, 6.45) is 0. The molecule has 10 aromatic carbocycles. The molecule has 254 valence electrons. The predicted octanol–water partition coefficient (Wildman–Crippen LogP) is 14.9. The Hall–Kier alpha value is -6.94. The number of para-hydroxylation sites is 2. The van der Waals surface area contributed by atoms with Gasteiger partial charge in [-0.2, -0.15) is 0 Å². The summed E-state index contributed by atoms with van der Waals surface area (Å²) in [5.74, 6) is 0. The van der Waals surface area contributed by atoms with Crippen molar-refractivity contribution in [2.24, 2.45) is 0 Å². The summed E-state index contributed by atoms with van der Waals surface area (Å²) >= 11 is 1.96. The van der Waals surface area contributed by atoms with Crippen molar-refractivity contribution in [1.82, 2.24) is 9.13 Å². The van der Waals surface area contributed by atoms with E-state index in [2.05, 4.69) is 191 Å². The third kappa shape index (κ3) is 3.87. The molecule has 13 aromatic rings. The van der Waals surface area contributed by atoms with Gasteiger partial charge in [-0.1, -0.05) is 146 Å². The normalized spacial score (nSPS) is 12.4. The molecule has 0 saturated carbocycles. The van der Waals surface area contributed by atoms with E-state index in [1.54, 1.807) is 0 Å². The van der Waals surface area contributed by atoms with E-state index in [0.717, 1.165) is 0 Å². The fourth-order valence-electron chi connectivity index (χ4n) is 9.74. The Labute approximate surface area is 319 Å². The molecular formula is C52H30N2S. The molecule has 0 fully saturated rings. The van der Waals surface area contributed by atoms with Gasteiger partial charge in [-0.05, 0) is 57.9 Å². The molecule has 0 N–H and O–H groups in total. The van der Waals surface area contributed by atoms with Crippen LogP contribution in [0, 0.1) is 0 Å². The average molecular weight is 715 g/mol. The fourth-order valence-corrected chi connectivity index (χ4v) is 11.2. The van der Waals surface area contributed by atoms with Gasteiger partial charge in [-0.3, -0.25) is 0 Å². The lowest BCUT2D eigenvalue weighted by molar-refractivity contribution is 1.21. The second-order valence-electron chi connectivity index (χ2n) is 14.8. The summed E-state index contributed by atoms with van der Waals surface area (Å²) in [5.41, 5.74) is 7.42. The second-order valence-corrected chi connectivity index (χ2v) is 15.8. The molecule has 0 aliphatic rings. The number of thiophene rings is 1. The molecule has 0 bridgehead atoms. The van der Waals surface area contributed by atoms with E-state index >= 15 is 0 Å². The van der Waals surface area contributed by atoms with E-state index in [9.17, 15) is 0 Å². The molecule has 0 saturated heterocycles. The molecule has 0 aliphatic heterocycles. The Bertz CT molecular complexity index is 3430. The van der Waals surface area contributed by atoms with Crippen molar-refractivity contribution in [3.8, 4) is 11.4 Å². The van der Waals surface area contributed by atoms with Gasteiger partial charge in [-0.15, -0.1) is 11.3 Å². The quantitative estimate of drug-likeness (QED) is 0.158. The van der Waals surface area contributed by atoms with Crippen molar-refractivity contribution in [2.75, 3.05) is 0 Å². The van der Waals surface area contributed by atoms with Gasteiger partial charge in [0.05, 0.1) is 33.4 Å². The molecule has 3 heteroatoms. The summed E-state index contributed by atoms with van der Waals surface area (Å²) in [4.78, 5) is 0. The molecule has 55 heavy (non-hydrogen) atoms. The highest BCUT2D eigenvalue weighted by Gasteiger charge is 2.23. The summed E-state index contributed by atoms with van der Waals surface area (Å²) in [5, 5.41) is 17.9. The van der Waals surface area contributed by atoms with Gasteiger partial charge < -0.3 is 9.13 Å². The summed E-state index contributed by atoms with van der Waals surface area (Å²) in [6, 6.07) is 67.5. The van der Waals surface area contributed by atoms with E-state index < -0.39 is 0 Å². The minimum Gasteiger partial charge on any atom is -0.308 e. The van der Waals surface area contributed by atoms with Crippen molar-refractivity contribution < 1.29 is 0 Å². The standard InChI is InChI=1S/C52H30N2S/c1-5-17-35-31(13-1)29-32-14-2-6-18-36(32)49(35)53-43-23-11-9-21-41(43)47-45(53)27-25-39-40-26-28-46-48(52(40)55-51(39)47)42-22-10-12-24-44(42)54(46)50-37-19-7-3-15-33(37)30-34-16-4-8-20-38(34)50/h1-30H. The van der Waals surface area contributed by atoms with Gasteiger partial charge in [0.2, 0.25) is 0 Å². The van der Waals surface area contributed by atoms with Gasteiger partial charge >= 0.3 is 0 Å². The molecule has 13 rings (SSSR count). The fraction of sp³-hybridized carbons (Fsp3) is 0. The molecule has 0 amide bonds. The summed E-state index contributed by atoms with van der Waals surface area (Å²) in [6.45, 7) is 0. The first-order valence-electron chi connectivity index (χ1n) is 18.9. The molecule has 3 heterocycles. The monoisotopic (exact) mass is 714 g/mol. The Balaban J connectivity index is 1.19. The van der Waals surface area contributed by atoms with E-state index in [1.807, 2.05) is 11.3 Å². The smallest absolute Gasteiger partial charge is 0.0618 e. The molecule has 3 aromatic heterocycles. The van der Waals surface area contributed by atoms with Crippen LogP contribution in [0.4, 0.5) is 0 Å². The van der Waals surface area contributed by atoms with E-state index in [4.69, 9.17) is 0 Å². The maximum Gasteiger partial charge on any atom is 0.0618 e. The van der Waals surface area contributed by atoms with Gasteiger partial charge in [0, 0.05) is 63.3 Å². The number of hydrogen-bond acceptors (Lipinski definition) is 1. The average Bonchev–Trinajstić information content (AvgIpc) is 3.89. The zero-order valence-electron chi connectivity index (χ0n) is 29.6. The highest BCUT2D eigenvalue weighted by atomic mass is 32.1. The molecular weight excluding hydrogens is 685 g/mol. The minimum absolute atomic E-state index is 1.23. The van der Waals surface area contributed by atoms with Crippen molar-refractivity contribution in [3.05, 3.63) is 182 Å². The van der Waals surface area contributed by atoms with Crippen LogP contribution < -0.4 is 0 Å². The Kier molecular flexibility index (Phi) is 5.80. The van der Waals surface area contributed by atoms with Gasteiger partial charge in [-0.25, -0.2) is 0 Å². The van der Waals surface area contributed by atoms with Crippen LogP contribution in [0.15, 0.2) is 182 Å². The molecule has 0 radical (unpaired) electrons. The molecule has 0 aliphatic carbocycles. The number of benzene rings is 10. The van der Waals surface area contributed by atoms with Crippen LogP contribution in [0.5, 0.6) is 0 Å². The molecule has 2 nitrogen and oxygen atoms in total. The largest absolute Gasteiger partial charge is 0.308 e. The number of fused-ring (bicyclic) bond motifs is 15. The van der Waals surface area contributed by atoms with Gasteiger partial charge in [0.25, 0.3) is 0 Å². The van der Waals surface area contributed by atoms with E-state index in [-0.39, 0.29) is 0 Å². The van der Waals surface area contributed by atoms with Crippen LogP contribution in [-0.4, -0.2) is 9.13 Å². The highest BCUT2D eigenvalue weighted by molar-refractivity contribution is 7.27. The maximum absolute atomic E-state index is 2.53. The van der Waals surface area contributed by atoms with Crippen LogP contribution >= 0.6 is 11.3 Å². The lowest BCUT2D eigenvalue weighted by atomic mass is 10.0. The van der Waals surface area contributed by atoms with E-state index in [0.29, 0.717) is 0 Å². The lowest BCUT2D eigenvalue weighted by Gasteiger charge is -2.15. The van der Waals surface area contributed by atoms with Crippen LogP contribution in [0.3, 0.4) is 0 Å². The second kappa shape index (κ2) is 10.8. The zero-order valence-corrected chi connectivity index (χ0v) is 30.4. The van der Waals surface area contributed by atoms with Crippen molar-refractivity contribution in [2.45, 2.75) is 0 Å². The van der Waals surface area contributed by atoms with Gasteiger partial charge in [0.1, 0.15) is 0 Å². The van der Waals surface area contributed by atoms with E-state index in [1.165, 1.54) is 118 Å². The van der Waals surface area contributed by atoms with Crippen LogP contribution in [0.25, 0.3) is 118 Å². The molecule has 0 unspecified atom stereocenters. The first-order valence-corrected chi connectivity index (χ1v) is 19.8. The Morgan fingerprint density at radius 1 is 0.273 bits per heavy atom. The van der Waals surface area contributed by atoms with Crippen LogP contribution in [0.1, 0.15) is 0 Å². The molecule has 0 spiro atoms. The SMILES string of the molecule is c1ccc2c(-n3c4ccccc4c4c5sc6c(ccc7c6c6ccccc6n7-c6c7ccccc7cc7ccccc67)c5ccc43)c3ccccc3cc2c1. The number of aromatic nitrogens is 2. The van der Waals surface area contributed by atoms with Crippen molar-refractivity contribution >= 4 is 118 Å². The predicted molar refractivity (Wildman–Crippen MR) is 238 cm³/mol. The summed E-state index contributed by atoms with van der Waals surface area (Å²) < 4.78 is 7.75. The van der Waals surface area contributed by atoms with Crippen LogP contribution in [-0.2, 0) is 0 Å². The summed E-state index contributed by atoms with van der Waals surface area (Å²) in [7, 11) is 0. The third-order valence-corrected chi connectivity index (χ3v) is 13.3. The first-order chi connectivity index (χ1) is 27.3. The number of hydrogen-bond donors (Lipinski definition) is 0.